The Morgan fingerprint density at radius 3 is 1.88 bits per heavy atom. The molecule has 99 valence electrons. The van der Waals surface area contributed by atoms with Gasteiger partial charge < -0.3 is 0 Å². The molecule has 0 aromatic heterocycles. The van der Waals surface area contributed by atoms with Crippen LogP contribution >= 0.6 is 0 Å². The average Bonchev–Trinajstić information content (AvgIpc) is 2.35. The summed E-state index contributed by atoms with van der Waals surface area (Å²) in [7, 11) is 0. The van der Waals surface area contributed by atoms with E-state index in [1.807, 2.05) is 0 Å². The van der Waals surface area contributed by atoms with Gasteiger partial charge in [-0.1, -0.05) is 76.7 Å². The van der Waals surface area contributed by atoms with E-state index in [4.69, 9.17) is 0 Å². The Balaban J connectivity index is 3.13. The SMILES string of the molecule is [CH2]CCCC/C=C/C/C=C/CCCCCCC. The minimum atomic E-state index is 1.08. The van der Waals surface area contributed by atoms with Gasteiger partial charge in [-0.05, 0) is 32.1 Å². The molecule has 0 amide bonds. The van der Waals surface area contributed by atoms with Crippen LogP contribution in [-0.2, 0) is 0 Å². The molecular formula is C17H31. The molecule has 0 bridgehead atoms. The lowest BCUT2D eigenvalue weighted by Gasteiger charge is -1.95. The van der Waals surface area contributed by atoms with Crippen molar-refractivity contribution < 1.29 is 0 Å². The van der Waals surface area contributed by atoms with Crippen molar-refractivity contribution in [2.45, 2.75) is 77.6 Å². The standard InChI is InChI=1S/C17H31/c1-3-5-7-9-11-13-15-17-16-14-12-10-8-6-4-2/h11,13,16-17H,1,3-10,12,14-15H2,2H3/b13-11+,17-16+. The second kappa shape index (κ2) is 15.5. The van der Waals surface area contributed by atoms with E-state index in [1.54, 1.807) is 0 Å². The Bertz CT molecular complexity index is 176. The Labute approximate surface area is 109 Å². The summed E-state index contributed by atoms with van der Waals surface area (Å²) in [5.74, 6) is 0. The van der Waals surface area contributed by atoms with Crippen LogP contribution < -0.4 is 0 Å². The van der Waals surface area contributed by atoms with E-state index in [1.165, 1.54) is 57.8 Å². The maximum atomic E-state index is 3.84. The van der Waals surface area contributed by atoms with E-state index >= 15 is 0 Å². The monoisotopic (exact) mass is 235 g/mol. The highest BCUT2D eigenvalue weighted by molar-refractivity contribution is 4.92. The minimum Gasteiger partial charge on any atom is -0.0882 e. The van der Waals surface area contributed by atoms with Crippen LogP contribution in [0.2, 0.25) is 0 Å². The van der Waals surface area contributed by atoms with E-state index in [0.29, 0.717) is 0 Å². The molecule has 0 spiro atoms. The molecule has 1 radical (unpaired) electrons. The van der Waals surface area contributed by atoms with Crippen molar-refractivity contribution in [2.24, 2.45) is 0 Å². The lowest BCUT2D eigenvalue weighted by molar-refractivity contribution is 0.637. The summed E-state index contributed by atoms with van der Waals surface area (Å²) in [5.41, 5.74) is 0. The van der Waals surface area contributed by atoms with Crippen LogP contribution in [0.3, 0.4) is 0 Å². The van der Waals surface area contributed by atoms with Gasteiger partial charge in [0.1, 0.15) is 0 Å². The van der Waals surface area contributed by atoms with Crippen molar-refractivity contribution in [3.05, 3.63) is 31.2 Å². The summed E-state index contributed by atoms with van der Waals surface area (Å²) in [6, 6.07) is 0. The summed E-state index contributed by atoms with van der Waals surface area (Å²) in [5, 5.41) is 0. The lowest BCUT2D eigenvalue weighted by Crippen LogP contribution is -1.75. The molecule has 0 atom stereocenters. The smallest absolute Gasteiger partial charge is 0.0169 e. The quantitative estimate of drug-likeness (QED) is 0.277. The third kappa shape index (κ3) is 15.5. The van der Waals surface area contributed by atoms with E-state index in [9.17, 15) is 0 Å². The molecule has 0 heteroatoms. The molecule has 0 nitrogen and oxygen atoms in total. The Hall–Kier alpha value is -0.520. The first-order valence-electron chi connectivity index (χ1n) is 7.51. The van der Waals surface area contributed by atoms with Gasteiger partial charge in [0.15, 0.2) is 0 Å². The van der Waals surface area contributed by atoms with Gasteiger partial charge in [0.05, 0.1) is 0 Å². The van der Waals surface area contributed by atoms with Gasteiger partial charge in [-0.25, -0.2) is 0 Å². The predicted octanol–water partition coefficient (Wildman–Crippen LogP) is 6.24. The van der Waals surface area contributed by atoms with Crippen LogP contribution in [0.1, 0.15) is 77.6 Å². The highest BCUT2D eigenvalue weighted by Crippen LogP contribution is 2.05. The van der Waals surface area contributed by atoms with Crippen LogP contribution in [0.25, 0.3) is 0 Å². The number of allylic oxidation sites excluding steroid dienone is 4. The summed E-state index contributed by atoms with van der Waals surface area (Å²) < 4.78 is 0. The van der Waals surface area contributed by atoms with Gasteiger partial charge in [0.2, 0.25) is 0 Å². The fraction of sp³-hybridized carbons (Fsp3) is 0.706. The summed E-state index contributed by atoms with van der Waals surface area (Å²) in [6.07, 6.45) is 23.4. The van der Waals surface area contributed by atoms with Crippen molar-refractivity contribution in [3.63, 3.8) is 0 Å². The number of hydrogen-bond donors (Lipinski definition) is 0. The second-order valence-corrected chi connectivity index (χ2v) is 4.73. The molecule has 0 fully saturated rings. The molecule has 0 heterocycles. The third-order valence-electron chi connectivity index (χ3n) is 2.95. The Morgan fingerprint density at radius 1 is 0.706 bits per heavy atom. The van der Waals surface area contributed by atoms with Crippen molar-refractivity contribution in [3.8, 4) is 0 Å². The molecule has 17 heavy (non-hydrogen) atoms. The maximum absolute atomic E-state index is 3.84. The van der Waals surface area contributed by atoms with Crippen LogP contribution in [-0.4, -0.2) is 0 Å². The van der Waals surface area contributed by atoms with Crippen LogP contribution in [0.15, 0.2) is 24.3 Å². The molecule has 0 N–H and O–H groups in total. The molecule has 0 unspecified atom stereocenters. The van der Waals surface area contributed by atoms with Gasteiger partial charge >= 0.3 is 0 Å². The highest BCUT2D eigenvalue weighted by atomic mass is 13.9. The molecule has 0 saturated carbocycles. The zero-order valence-electron chi connectivity index (χ0n) is 11.8. The Kier molecular flexibility index (Phi) is 15.0. The first kappa shape index (κ1) is 16.5. The summed E-state index contributed by atoms with van der Waals surface area (Å²) in [6.45, 7) is 6.11. The first-order valence-corrected chi connectivity index (χ1v) is 7.51. The second-order valence-electron chi connectivity index (χ2n) is 4.73. The van der Waals surface area contributed by atoms with Crippen molar-refractivity contribution in [2.75, 3.05) is 0 Å². The third-order valence-corrected chi connectivity index (χ3v) is 2.95. The van der Waals surface area contributed by atoms with Gasteiger partial charge in [0, 0.05) is 0 Å². The van der Waals surface area contributed by atoms with Gasteiger partial charge in [0.25, 0.3) is 0 Å². The van der Waals surface area contributed by atoms with Gasteiger partial charge in [-0.2, -0.15) is 0 Å². The first-order chi connectivity index (χ1) is 8.41. The molecule has 0 aromatic rings. The molecule has 0 aliphatic rings. The van der Waals surface area contributed by atoms with E-state index in [0.717, 1.165) is 12.8 Å². The van der Waals surface area contributed by atoms with Crippen molar-refractivity contribution in [1.29, 1.82) is 0 Å². The van der Waals surface area contributed by atoms with Crippen LogP contribution in [0.5, 0.6) is 0 Å². The predicted molar refractivity (Wildman–Crippen MR) is 80.1 cm³/mol. The maximum Gasteiger partial charge on any atom is -0.0169 e. The number of rotatable bonds is 12. The largest absolute Gasteiger partial charge is 0.0882 e. The fourth-order valence-electron chi connectivity index (χ4n) is 1.81. The molecule has 0 aliphatic carbocycles. The van der Waals surface area contributed by atoms with Crippen LogP contribution in [0.4, 0.5) is 0 Å². The zero-order valence-corrected chi connectivity index (χ0v) is 11.8. The molecule has 0 aromatic carbocycles. The van der Waals surface area contributed by atoms with E-state index in [2.05, 4.69) is 38.2 Å². The highest BCUT2D eigenvalue weighted by Gasteiger charge is 1.86. The molecule has 0 rings (SSSR count). The minimum absolute atomic E-state index is 1.08. The number of hydrogen-bond acceptors (Lipinski definition) is 0. The van der Waals surface area contributed by atoms with E-state index < -0.39 is 0 Å². The normalized spacial score (nSPS) is 11.9. The molecule has 0 saturated heterocycles. The zero-order chi connectivity index (χ0) is 12.6. The fourth-order valence-corrected chi connectivity index (χ4v) is 1.81. The van der Waals surface area contributed by atoms with Crippen molar-refractivity contribution in [1.82, 2.24) is 0 Å². The van der Waals surface area contributed by atoms with E-state index in [-0.39, 0.29) is 0 Å². The van der Waals surface area contributed by atoms with Gasteiger partial charge in [-0.15, -0.1) is 0 Å². The molecule has 0 aliphatic heterocycles. The number of unbranched alkanes of at least 4 members (excludes halogenated alkanes) is 8. The summed E-state index contributed by atoms with van der Waals surface area (Å²) in [4.78, 5) is 0. The lowest BCUT2D eigenvalue weighted by atomic mass is 10.1. The molecular weight excluding hydrogens is 204 g/mol. The Morgan fingerprint density at radius 2 is 1.29 bits per heavy atom. The van der Waals surface area contributed by atoms with Crippen LogP contribution in [0, 0.1) is 6.92 Å². The average molecular weight is 235 g/mol. The van der Waals surface area contributed by atoms with Gasteiger partial charge in [-0.3, -0.25) is 0 Å². The van der Waals surface area contributed by atoms with Crippen molar-refractivity contribution >= 4 is 0 Å². The topological polar surface area (TPSA) is 0 Å². The summed E-state index contributed by atoms with van der Waals surface area (Å²) >= 11 is 0.